The predicted molar refractivity (Wildman–Crippen MR) is 55.6 cm³/mol. The topological polar surface area (TPSA) is 40.5 Å². The molecule has 2 heteroatoms. The van der Waals surface area contributed by atoms with Crippen molar-refractivity contribution in [2.24, 2.45) is 0 Å². The van der Waals surface area contributed by atoms with E-state index in [2.05, 4.69) is 6.58 Å². The summed E-state index contributed by atoms with van der Waals surface area (Å²) < 4.78 is 0. The van der Waals surface area contributed by atoms with Gasteiger partial charge in [-0.05, 0) is 19.8 Å². The van der Waals surface area contributed by atoms with E-state index in [0.29, 0.717) is 0 Å². The maximum absolute atomic E-state index is 9.14. The maximum atomic E-state index is 9.14. The van der Waals surface area contributed by atoms with Crippen molar-refractivity contribution in [3.8, 4) is 0 Å². The van der Waals surface area contributed by atoms with Crippen molar-refractivity contribution in [3.63, 3.8) is 0 Å². The van der Waals surface area contributed by atoms with Gasteiger partial charge in [-0.3, -0.25) is 0 Å². The normalized spacial score (nSPS) is 15.3. The third kappa shape index (κ3) is 9.57. The molecule has 0 aromatic carbocycles. The van der Waals surface area contributed by atoms with Gasteiger partial charge in [0, 0.05) is 0 Å². The van der Waals surface area contributed by atoms with Gasteiger partial charge in [0.2, 0.25) is 0 Å². The number of aliphatic hydroxyl groups excluding tert-OH is 2. The van der Waals surface area contributed by atoms with Gasteiger partial charge in [-0.2, -0.15) is 0 Å². The van der Waals surface area contributed by atoms with Crippen molar-refractivity contribution in [3.05, 3.63) is 12.7 Å². The highest BCUT2D eigenvalue weighted by atomic mass is 16.3. The standard InChI is InChI=1S/C11H22O2/c1-3-11(13)9-7-5-4-6-8-10(2)12/h3,10-13H,1,4-9H2,2H3. The van der Waals surface area contributed by atoms with Crippen LogP contribution in [0.25, 0.3) is 0 Å². The molecule has 0 spiro atoms. The van der Waals surface area contributed by atoms with E-state index in [0.717, 1.165) is 38.5 Å². The zero-order valence-electron chi connectivity index (χ0n) is 8.58. The van der Waals surface area contributed by atoms with Gasteiger partial charge in [0.05, 0.1) is 12.2 Å². The summed E-state index contributed by atoms with van der Waals surface area (Å²) in [6, 6.07) is 0. The molecule has 0 bridgehead atoms. The van der Waals surface area contributed by atoms with E-state index >= 15 is 0 Å². The quantitative estimate of drug-likeness (QED) is 0.451. The first kappa shape index (κ1) is 12.7. The first-order chi connectivity index (χ1) is 6.16. The van der Waals surface area contributed by atoms with E-state index in [-0.39, 0.29) is 12.2 Å². The van der Waals surface area contributed by atoms with Crippen molar-refractivity contribution in [2.45, 2.75) is 57.7 Å². The summed E-state index contributed by atoms with van der Waals surface area (Å²) in [6.07, 6.45) is 7.20. The average Bonchev–Trinajstić information content (AvgIpc) is 2.10. The van der Waals surface area contributed by atoms with Crippen LogP contribution in [0.15, 0.2) is 12.7 Å². The zero-order valence-corrected chi connectivity index (χ0v) is 8.58. The first-order valence-electron chi connectivity index (χ1n) is 5.15. The fourth-order valence-electron chi connectivity index (χ4n) is 1.26. The highest BCUT2D eigenvalue weighted by molar-refractivity contribution is 4.77. The van der Waals surface area contributed by atoms with Gasteiger partial charge < -0.3 is 10.2 Å². The van der Waals surface area contributed by atoms with Crippen LogP contribution < -0.4 is 0 Å². The van der Waals surface area contributed by atoms with Gasteiger partial charge in [0.1, 0.15) is 0 Å². The van der Waals surface area contributed by atoms with Crippen LogP contribution >= 0.6 is 0 Å². The lowest BCUT2D eigenvalue weighted by molar-refractivity contribution is 0.179. The lowest BCUT2D eigenvalue weighted by atomic mass is 10.1. The van der Waals surface area contributed by atoms with E-state index in [9.17, 15) is 0 Å². The molecule has 0 amide bonds. The molecular formula is C11H22O2. The van der Waals surface area contributed by atoms with Gasteiger partial charge in [-0.15, -0.1) is 6.58 Å². The van der Waals surface area contributed by atoms with Crippen LogP contribution in [0.3, 0.4) is 0 Å². The number of hydrogen-bond donors (Lipinski definition) is 2. The third-order valence-electron chi connectivity index (χ3n) is 2.14. The summed E-state index contributed by atoms with van der Waals surface area (Å²) in [7, 11) is 0. The molecule has 0 radical (unpaired) electrons. The lowest BCUT2D eigenvalue weighted by Gasteiger charge is -2.05. The Hall–Kier alpha value is -0.340. The SMILES string of the molecule is C=CC(O)CCCCCCC(C)O. The molecule has 0 rings (SSSR count). The largest absolute Gasteiger partial charge is 0.393 e. The summed E-state index contributed by atoms with van der Waals surface area (Å²) in [5.74, 6) is 0. The van der Waals surface area contributed by atoms with Gasteiger partial charge in [-0.1, -0.05) is 31.8 Å². The lowest BCUT2D eigenvalue weighted by Crippen LogP contribution is -2.01. The van der Waals surface area contributed by atoms with Gasteiger partial charge >= 0.3 is 0 Å². The summed E-state index contributed by atoms with van der Waals surface area (Å²) in [4.78, 5) is 0. The van der Waals surface area contributed by atoms with Crippen LogP contribution in [0.4, 0.5) is 0 Å². The molecule has 78 valence electrons. The minimum Gasteiger partial charge on any atom is -0.393 e. The van der Waals surface area contributed by atoms with Crippen LogP contribution in [0.1, 0.15) is 45.4 Å². The van der Waals surface area contributed by atoms with E-state index in [1.54, 1.807) is 6.08 Å². The van der Waals surface area contributed by atoms with Crippen molar-refractivity contribution in [2.75, 3.05) is 0 Å². The molecular weight excluding hydrogens is 164 g/mol. The molecule has 0 aromatic rings. The Morgan fingerprint density at radius 1 is 1.08 bits per heavy atom. The average molecular weight is 186 g/mol. The second kappa shape index (κ2) is 8.27. The number of hydrogen-bond acceptors (Lipinski definition) is 2. The molecule has 2 nitrogen and oxygen atoms in total. The number of rotatable bonds is 8. The van der Waals surface area contributed by atoms with Crippen molar-refractivity contribution >= 4 is 0 Å². The van der Waals surface area contributed by atoms with Gasteiger partial charge in [0.25, 0.3) is 0 Å². The smallest absolute Gasteiger partial charge is 0.0718 e. The highest BCUT2D eigenvalue weighted by Crippen LogP contribution is 2.08. The molecule has 2 N–H and O–H groups in total. The predicted octanol–water partition coefficient (Wildman–Crippen LogP) is 2.25. The minimum atomic E-state index is -0.336. The molecule has 0 fully saturated rings. The molecule has 0 aromatic heterocycles. The zero-order chi connectivity index (χ0) is 10.1. The van der Waals surface area contributed by atoms with E-state index < -0.39 is 0 Å². The molecule has 13 heavy (non-hydrogen) atoms. The fraction of sp³-hybridized carbons (Fsp3) is 0.818. The molecule has 0 saturated carbocycles. The number of unbranched alkanes of at least 4 members (excludes halogenated alkanes) is 3. The van der Waals surface area contributed by atoms with Crippen molar-refractivity contribution < 1.29 is 10.2 Å². The van der Waals surface area contributed by atoms with Crippen LogP contribution in [0, 0.1) is 0 Å². The van der Waals surface area contributed by atoms with E-state index in [1.165, 1.54) is 0 Å². The highest BCUT2D eigenvalue weighted by Gasteiger charge is 1.98. The maximum Gasteiger partial charge on any atom is 0.0718 e. The first-order valence-corrected chi connectivity index (χ1v) is 5.15. The van der Waals surface area contributed by atoms with E-state index in [1.807, 2.05) is 6.92 Å². The van der Waals surface area contributed by atoms with Crippen LogP contribution in [-0.4, -0.2) is 22.4 Å². The fourth-order valence-corrected chi connectivity index (χ4v) is 1.26. The monoisotopic (exact) mass is 186 g/mol. The Morgan fingerprint density at radius 2 is 1.62 bits per heavy atom. The Bertz CT molecular complexity index is 121. The minimum absolute atomic E-state index is 0.168. The Balaban J connectivity index is 3.03. The third-order valence-corrected chi connectivity index (χ3v) is 2.14. The molecule has 0 saturated heterocycles. The summed E-state index contributed by atoms with van der Waals surface area (Å²) in [5.41, 5.74) is 0. The van der Waals surface area contributed by atoms with Crippen molar-refractivity contribution in [1.29, 1.82) is 0 Å². The summed E-state index contributed by atoms with van der Waals surface area (Å²) in [6.45, 7) is 5.34. The second-order valence-electron chi connectivity index (χ2n) is 3.64. The summed E-state index contributed by atoms with van der Waals surface area (Å²) in [5, 5.41) is 18.1. The molecule has 0 aliphatic heterocycles. The number of aliphatic hydroxyl groups is 2. The summed E-state index contributed by atoms with van der Waals surface area (Å²) >= 11 is 0. The Morgan fingerprint density at radius 3 is 2.08 bits per heavy atom. The molecule has 0 aliphatic rings. The van der Waals surface area contributed by atoms with E-state index in [4.69, 9.17) is 10.2 Å². The van der Waals surface area contributed by atoms with Gasteiger partial charge in [0.15, 0.2) is 0 Å². The molecule has 0 heterocycles. The second-order valence-corrected chi connectivity index (χ2v) is 3.64. The van der Waals surface area contributed by atoms with Crippen LogP contribution in [0.2, 0.25) is 0 Å². The molecule has 2 atom stereocenters. The Kier molecular flexibility index (Phi) is 8.05. The molecule has 2 unspecified atom stereocenters. The van der Waals surface area contributed by atoms with Gasteiger partial charge in [-0.25, -0.2) is 0 Å². The Labute approximate surface area is 81.3 Å². The van der Waals surface area contributed by atoms with Crippen molar-refractivity contribution in [1.82, 2.24) is 0 Å². The molecule has 0 aliphatic carbocycles. The van der Waals surface area contributed by atoms with Crippen LogP contribution in [0.5, 0.6) is 0 Å². The van der Waals surface area contributed by atoms with Crippen LogP contribution in [-0.2, 0) is 0 Å².